The Morgan fingerprint density at radius 2 is 1.28 bits per heavy atom. The van der Waals surface area contributed by atoms with Gasteiger partial charge in [0.05, 0.1) is 16.9 Å². The molecule has 1 aliphatic heterocycles. The molecule has 0 saturated carbocycles. The largest absolute Gasteiger partial charge is 0.327 e. The fraction of sp³-hybridized carbons (Fsp3) is 0.0667. The van der Waals surface area contributed by atoms with E-state index in [2.05, 4.69) is 120 Å². The third kappa shape index (κ3) is 2.29. The highest BCUT2D eigenvalue weighted by Crippen LogP contribution is 2.49. The molecule has 1 aliphatic rings. The third-order valence-electron chi connectivity index (χ3n) is 6.86. The van der Waals surface area contributed by atoms with Crippen LogP contribution < -0.4 is 4.90 Å². The number of hydrogen-bond donors (Lipinski definition) is 0. The van der Waals surface area contributed by atoms with Gasteiger partial charge in [0.15, 0.2) is 0 Å². The topological polar surface area (TPSA) is 8.17 Å². The summed E-state index contributed by atoms with van der Waals surface area (Å²) in [6.07, 6.45) is 0. The summed E-state index contributed by atoms with van der Waals surface area (Å²) in [5.74, 6) is 1.22. The van der Waals surface area contributed by atoms with Gasteiger partial charge >= 0.3 is 0 Å². The molecule has 7 rings (SSSR count). The summed E-state index contributed by atoms with van der Waals surface area (Å²) < 4.78 is 2.45. The molecule has 0 N–H and O–H groups in total. The molecule has 0 radical (unpaired) electrons. The first-order valence-corrected chi connectivity index (χ1v) is 11.3. The van der Waals surface area contributed by atoms with Crippen LogP contribution >= 0.6 is 0 Å². The minimum Gasteiger partial charge on any atom is -0.327 e. The van der Waals surface area contributed by atoms with Crippen molar-refractivity contribution < 1.29 is 0 Å². The maximum atomic E-state index is 2.46. The predicted octanol–water partition coefficient (Wildman–Crippen LogP) is 8.08. The number of rotatable bonds is 1. The average molecular weight is 411 g/mol. The van der Waals surface area contributed by atoms with Crippen molar-refractivity contribution in [1.29, 1.82) is 0 Å². The van der Waals surface area contributed by atoms with Gasteiger partial charge in [-0.1, -0.05) is 72.8 Å². The number of benzene rings is 5. The molecule has 0 aliphatic carbocycles. The lowest BCUT2D eigenvalue weighted by atomic mass is 9.93. The van der Waals surface area contributed by atoms with E-state index < -0.39 is 0 Å². The first-order chi connectivity index (χ1) is 15.8. The van der Waals surface area contributed by atoms with Crippen molar-refractivity contribution in [3.63, 3.8) is 0 Å². The van der Waals surface area contributed by atoms with E-state index in [4.69, 9.17) is 0 Å². The molecule has 2 heterocycles. The maximum Gasteiger partial charge on any atom is 0.118 e. The first-order valence-electron chi connectivity index (χ1n) is 11.3. The van der Waals surface area contributed by atoms with Gasteiger partial charge < -0.3 is 4.90 Å². The van der Waals surface area contributed by atoms with E-state index in [0.717, 1.165) is 6.54 Å². The SMILES string of the molecule is CCN1c2ccc3ccccc3c2-c2cc3ccccc3cc2-n2c1cc1ccccc12. The van der Waals surface area contributed by atoms with Gasteiger partial charge in [0.25, 0.3) is 0 Å². The third-order valence-corrected chi connectivity index (χ3v) is 6.86. The van der Waals surface area contributed by atoms with E-state index in [-0.39, 0.29) is 0 Å². The standard InChI is InChI=1S/C30H22N2/c1-2-31-27-16-15-20-9-5-7-13-24(20)30(27)25-17-21-10-3-4-11-22(21)18-28(25)32-26-14-8-6-12-23(26)19-29(31)32/h3-19H,2H2,1H3. The molecular weight excluding hydrogens is 388 g/mol. The molecule has 2 heteroatoms. The van der Waals surface area contributed by atoms with E-state index in [0.29, 0.717) is 0 Å². The van der Waals surface area contributed by atoms with Crippen molar-refractivity contribution in [3.05, 3.63) is 103 Å². The van der Waals surface area contributed by atoms with Crippen molar-refractivity contribution in [2.45, 2.75) is 6.92 Å². The average Bonchev–Trinajstić information content (AvgIpc) is 3.17. The molecule has 6 aromatic rings. The van der Waals surface area contributed by atoms with Crippen molar-refractivity contribution in [2.24, 2.45) is 0 Å². The summed E-state index contributed by atoms with van der Waals surface area (Å²) in [6, 6.07) is 37.8. The molecule has 0 fully saturated rings. The normalized spacial score (nSPS) is 12.6. The zero-order chi connectivity index (χ0) is 21.2. The Balaban J connectivity index is 1.74. The Morgan fingerprint density at radius 1 is 0.594 bits per heavy atom. The molecule has 152 valence electrons. The predicted molar refractivity (Wildman–Crippen MR) is 136 cm³/mol. The van der Waals surface area contributed by atoms with Crippen LogP contribution in [0.4, 0.5) is 11.5 Å². The van der Waals surface area contributed by atoms with Crippen LogP contribution in [0.2, 0.25) is 0 Å². The molecule has 0 amide bonds. The van der Waals surface area contributed by atoms with Gasteiger partial charge in [-0.3, -0.25) is 4.57 Å². The quantitative estimate of drug-likeness (QED) is 0.266. The maximum absolute atomic E-state index is 2.46. The molecular formula is C30H22N2. The molecule has 0 atom stereocenters. The zero-order valence-electron chi connectivity index (χ0n) is 17.9. The molecule has 5 aromatic carbocycles. The van der Waals surface area contributed by atoms with Crippen LogP contribution in [0, 0.1) is 0 Å². The monoisotopic (exact) mass is 410 g/mol. The fourth-order valence-electron chi connectivity index (χ4n) is 5.43. The number of para-hydroxylation sites is 1. The molecule has 0 bridgehead atoms. The number of aromatic nitrogens is 1. The molecule has 0 spiro atoms. The van der Waals surface area contributed by atoms with Crippen LogP contribution in [-0.4, -0.2) is 11.1 Å². The van der Waals surface area contributed by atoms with Gasteiger partial charge in [-0.2, -0.15) is 0 Å². The van der Waals surface area contributed by atoms with E-state index in [1.165, 1.54) is 60.8 Å². The lowest BCUT2D eigenvalue weighted by Crippen LogP contribution is -2.18. The summed E-state index contributed by atoms with van der Waals surface area (Å²) in [5, 5.41) is 6.38. The van der Waals surface area contributed by atoms with Crippen LogP contribution in [0.25, 0.3) is 49.3 Å². The van der Waals surface area contributed by atoms with Gasteiger partial charge in [-0.25, -0.2) is 0 Å². The van der Waals surface area contributed by atoms with E-state index in [1.54, 1.807) is 0 Å². The summed E-state index contributed by atoms with van der Waals surface area (Å²) in [5.41, 5.74) is 6.36. The van der Waals surface area contributed by atoms with Gasteiger partial charge in [-0.05, 0) is 58.8 Å². The summed E-state index contributed by atoms with van der Waals surface area (Å²) in [7, 11) is 0. The Morgan fingerprint density at radius 3 is 2.09 bits per heavy atom. The van der Waals surface area contributed by atoms with Crippen molar-refractivity contribution in [2.75, 3.05) is 11.4 Å². The second-order valence-corrected chi connectivity index (χ2v) is 8.54. The van der Waals surface area contributed by atoms with Crippen molar-refractivity contribution in [3.8, 4) is 16.8 Å². The van der Waals surface area contributed by atoms with Crippen LogP contribution in [0.15, 0.2) is 103 Å². The second kappa shape index (κ2) is 6.48. The highest BCUT2D eigenvalue weighted by atomic mass is 15.3. The van der Waals surface area contributed by atoms with E-state index in [9.17, 15) is 0 Å². The van der Waals surface area contributed by atoms with E-state index in [1.807, 2.05) is 0 Å². The first kappa shape index (κ1) is 17.6. The molecule has 1 aromatic heterocycles. The number of hydrogen-bond acceptors (Lipinski definition) is 1. The fourth-order valence-corrected chi connectivity index (χ4v) is 5.43. The van der Waals surface area contributed by atoms with Gasteiger partial charge in [0.1, 0.15) is 5.82 Å². The van der Waals surface area contributed by atoms with Crippen LogP contribution in [-0.2, 0) is 0 Å². The summed E-state index contributed by atoms with van der Waals surface area (Å²) in [4.78, 5) is 2.46. The van der Waals surface area contributed by atoms with Crippen molar-refractivity contribution >= 4 is 44.0 Å². The van der Waals surface area contributed by atoms with Gasteiger partial charge in [-0.15, -0.1) is 0 Å². The summed E-state index contributed by atoms with van der Waals surface area (Å²) >= 11 is 0. The lowest BCUT2D eigenvalue weighted by molar-refractivity contribution is 0.969. The summed E-state index contributed by atoms with van der Waals surface area (Å²) in [6.45, 7) is 3.14. The number of anilines is 2. The van der Waals surface area contributed by atoms with Crippen LogP contribution in [0.5, 0.6) is 0 Å². The molecule has 2 nitrogen and oxygen atoms in total. The molecule has 0 unspecified atom stereocenters. The lowest BCUT2D eigenvalue weighted by Gasteiger charge is -2.24. The Kier molecular flexibility index (Phi) is 3.57. The molecule has 32 heavy (non-hydrogen) atoms. The van der Waals surface area contributed by atoms with Gasteiger partial charge in [0.2, 0.25) is 0 Å². The minimum absolute atomic E-state index is 0.898. The Hall–Kier alpha value is -4.04. The number of nitrogens with zero attached hydrogens (tertiary/aromatic N) is 2. The van der Waals surface area contributed by atoms with Crippen molar-refractivity contribution in [1.82, 2.24) is 4.57 Å². The Bertz CT molecular complexity index is 1670. The van der Waals surface area contributed by atoms with Gasteiger partial charge in [0, 0.05) is 23.1 Å². The molecule has 0 saturated heterocycles. The highest BCUT2D eigenvalue weighted by Gasteiger charge is 2.27. The van der Waals surface area contributed by atoms with Crippen LogP contribution in [0.3, 0.4) is 0 Å². The Labute approximate surface area is 186 Å². The van der Waals surface area contributed by atoms with E-state index >= 15 is 0 Å². The van der Waals surface area contributed by atoms with Crippen LogP contribution in [0.1, 0.15) is 6.92 Å². The second-order valence-electron chi connectivity index (χ2n) is 8.54. The zero-order valence-corrected chi connectivity index (χ0v) is 17.9. The highest BCUT2D eigenvalue weighted by molar-refractivity contribution is 6.10. The number of fused-ring (bicyclic) bond motifs is 10. The smallest absolute Gasteiger partial charge is 0.118 e. The minimum atomic E-state index is 0.898.